The van der Waals surface area contributed by atoms with Crippen molar-refractivity contribution in [3.05, 3.63) is 97.1 Å². The molecule has 12 nitrogen and oxygen atoms in total. The minimum Gasteiger partial charge on any atom is -0.455 e. The van der Waals surface area contributed by atoms with Gasteiger partial charge in [0.05, 0.1) is 50.3 Å². The number of likely N-dealkylation sites (tertiary alicyclic amines) is 1. The van der Waals surface area contributed by atoms with Crippen LogP contribution in [0.3, 0.4) is 0 Å². The van der Waals surface area contributed by atoms with Crippen molar-refractivity contribution in [1.29, 1.82) is 0 Å². The quantitative estimate of drug-likeness (QED) is 0.132. The average molecular weight is 808 g/mol. The van der Waals surface area contributed by atoms with Gasteiger partial charge in [0.2, 0.25) is 17.7 Å². The van der Waals surface area contributed by atoms with E-state index in [-0.39, 0.29) is 36.2 Å². The van der Waals surface area contributed by atoms with E-state index in [1.54, 1.807) is 17.1 Å². The number of alkyl halides is 1. The second kappa shape index (κ2) is 18.2. The number of aliphatic hydroxyl groups excluding tert-OH is 1. The zero-order valence-electron chi connectivity index (χ0n) is 30.6. The van der Waals surface area contributed by atoms with Crippen LogP contribution in [0.25, 0.3) is 0 Å². The molecule has 4 aliphatic heterocycles. The number of carbonyl (C=O) groups excluding carboxylic acids is 4. The van der Waals surface area contributed by atoms with E-state index in [0.717, 1.165) is 18.7 Å². The first-order valence-electron chi connectivity index (χ1n) is 18.8. The van der Waals surface area contributed by atoms with Crippen LogP contribution < -0.4 is 5.32 Å². The molecule has 6 rings (SSSR count). The highest BCUT2D eigenvalue weighted by molar-refractivity contribution is 9.09. The van der Waals surface area contributed by atoms with Crippen LogP contribution in [0.2, 0.25) is 0 Å². The minimum atomic E-state index is -1.36. The number of hydrogen-bond acceptors (Lipinski definition) is 9. The van der Waals surface area contributed by atoms with Crippen LogP contribution >= 0.6 is 15.9 Å². The van der Waals surface area contributed by atoms with Crippen LogP contribution in [0, 0.1) is 11.8 Å². The van der Waals surface area contributed by atoms with Gasteiger partial charge in [-0.2, -0.15) is 0 Å². The number of fused-ring (bicyclic) bond motifs is 1. The number of rotatable bonds is 18. The molecule has 4 heterocycles. The van der Waals surface area contributed by atoms with E-state index in [4.69, 9.17) is 14.2 Å². The van der Waals surface area contributed by atoms with Crippen molar-refractivity contribution >= 4 is 39.6 Å². The Morgan fingerprint density at radius 2 is 1.78 bits per heavy atom. The molecule has 13 heteroatoms. The van der Waals surface area contributed by atoms with Gasteiger partial charge in [0, 0.05) is 44.0 Å². The van der Waals surface area contributed by atoms with Crippen LogP contribution in [0.15, 0.2) is 86.0 Å². The first kappa shape index (κ1) is 39.8. The first-order chi connectivity index (χ1) is 26.2. The Labute approximate surface area is 325 Å². The topological polar surface area (TPSA) is 138 Å². The monoisotopic (exact) mass is 806 g/mol. The van der Waals surface area contributed by atoms with E-state index in [9.17, 15) is 19.5 Å². The van der Waals surface area contributed by atoms with Crippen LogP contribution in [0.1, 0.15) is 36.5 Å². The van der Waals surface area contributed by atoms with Gasteiger partial charge < -0.3 is 34.4 Å². The Hall–Kier alpha value is -3.88. The Morgan fingerprint density at radius 3 is 2.44 bits per heavy atom. The number of aliphatic hydroxyl groups is 1. The third-order valence-corrected chi connectivity index (χ3v) is 11.9. The summed E-state index contributed by atoms with van der Waals surface area (Å²) in [7, 11) is 0. The number of nitrogens with one attached hydrogen (secondary N) is 1. The van der Waals surface area contributed by atoms with Gasteiger partial charge in [-0.1, -0.05) is 88.7 Å². The Balaban J connectivity index is 1.33. The Morgan fingerprint density at radius 1 is 1.07 bits per heavy atom. The SMILES string of the molecule is C=CCCC(=O)NC[C@H](OC(=O)[C@@H]1[C@H]2O[C@@]3(CC2Br)[C@H](C(=O)N(CC=C)CCN2CCOCC2)N([C@@H](CO)Cc2ccccc2)C(=O)[C@@H]13)c1ccccc1. The summed E-state index contributed by atoms with van der Waals surface area (Å²) in [6.45, 7) is 11.2. The lowest BCUT2D eigenvalue weighted by Gasteiger charge is -2.40. The maximum Gasteiger partial charge on any atom is 0.313 e. The lowest BCUT2D eigenvalue weighted by molar-refractivity contribution is -0.161. The van der Waals surface area contributed by atoms with Gasteiger partial charge in [0.25, 0.3) is 0 Å². The summed E-state index contributed by atoms with van der Waals surface area (Å²) in [4.78, 5) is 62.2. The third kappa shape index (κ3) is 8.35. The highest BCUT2D eigenvalue weighted by Gasteiger charge is 2.77. The van der Waals surface area contributed by atoms with Gasteiger partial charge in [-0.15, -0.1) is 13.2 Å². The number of amides is 3. The molecule has 4 aliphatic rings. The second-order valence-corrected chi connectivity index (χ2v) is 15.6. The highest BCUT2D eigenvalue weighted by Crippen LogP contribution is 2.61. The zero-order chi connectivity index (χ0) is 38.2. The number of benzene rings is 2. The number of ether oxygens (including phenoxy) is 3. The molecule has 4 saturated heterocycles. The Kier molecular flexibility index (Phi) is 13.4. The molecule has 0 aromatic heterocycles. The van der Waals surface area contributed by atoms with E-state index >= 15 is 4.79 Å². The summed E-state index contributed by atoms with van der Waals surface area (Å²) in [5, 5.41) is 13.8. The van der Waals surface area contributed by atoms with Crippen molar-refractivity contribution in [2.24, 2.45) is 11.8 Å². The normalized spacial score (nSPS) is 27.2. The molecule has 2 aromatic carbocycles. The van der Waals surface area contributed by atoms with Crippen molar-refractivity contribution in [3.8, 4) is 0 Å². The lowest BCUT2D eigenvalue weighted by atomic mass is 9.70. The van der Waals surface area contributed by atoms with Crippen LogP contribution in [0.5, 0.6) is 0 Å². The number of nitrogens with zero attached hydrogens (tertiary/aromatic N) is 3. The molecule has 2 N–H and O–H groups in total. The first-order valence-corrected chi connectivity index (χ1v) is 19.8. The molecule has 8 atom stereocenters. The molecule has 0 saturated carbocycles. The number of carbonyl (C=O) groups is 4. The number of allylic oxidation sites excluding steroid dienone is 1. The number of morpholine rings is 1. The van der Waals surface area contributed by atoms with Crippen molar-refractivity contribution in [2.75, 3.05) is 59.1 Å². The van der Waals surface area contributed by atoms with Crippen molar-refractivity contribution in [3.63, 3.8) is 0 Å². The number of esters is 1. The van der Waals surface area contributed by atoms with Gasteiger partial charge in [0.15, 0.2) is 0 Å². The fourth-order valence-corrected chi connectivity index (χ4v) is 9.44. The van der Waals surface area contributed by atoms with E-state index < -0.39 is 60.2 Å². The molecule has 290 valence electrons. The highest BCUT2D eigenvalue weighted by atomic mass is 79.9. The molecular formula is C41H51BrN4O8. The van der Waals surface area contributed by atoms with Gasteiger partial charge >= 0.3 is 5.97 Å². The fraction of sp³-hybridized carbons (Fsp3) is 0.512. The van der Waals surface area contributed by atoms with Crippen LogP contribution in [-0.2, 0) is 39.8 Å². The van der Waals surface area contributed by atoms with E-state index in [0.29, 0.717) is 51.1 Å². The van der Waals surface area contributed by atoms with Crippen molar-refractivity contribution in [2.45, 2.75) is 60.4 Å². The van der Waals surface area contributed by atoms with E-state index in [2.05, 4.69) is 39.3 Å². The molecule has 1 unspecified atom stereocenters. The lowest BCUT2D eigenvalue weighted by Crippen LogP contribution is -2.60. The van der Waals surface area contributed by atoms with E-state index in [1.807, 2.05) is 60.7 Å². The Bertz CT molecular complexity index is 1640. The maximum absolute atomic E-state index is 15.0. The van der Waals surface area contributed by atoms with Crippen LogP contribution in [0.4, 0.5) is 0 Å². The molecule has 1 spiro atoms. The molecule has 54 heavy (non-hydrogen) atoms. The minimum absolute atomic E-state index is 0.0298. The van der Waals surface area contributed by atoms with Gasteiger partial charge in [0.1, 0.15) is 17.7 Å². The third-order valence-electron chi connectivity index (χ3n) is 11.1. The summed E-state index contributed by atoms with van der Waals surface area (Å²) < 4.78 is 18.5. The number of halogens is 1. The predicted molar refractivity (Wildman–Crippen MR) is 205 cm³/mol. The standard InChI is InChI=1S/C41H51BrN4O8/c1-3-5-16-33(48)43-26-32(29-14-10-7-11-15-29)53-40(51)34-35-38(49)46(30(27-47)24-28-12-8-6-9-13-28)37(41(35)25-31(42)36(34)54-41)39(50)45(17-4-2)19-18-44-20-22-52-23-21-44/h3-4,6-15,30-32,34-37,47H,1-2,5,16-27H2,(H,43,48)/t30-,31?,32+,34+,35-,36+,37+,41-/m1/s1. The molecule has 3 amide bonds. The molecule has 2 bridgehead atoms. The molecule has 0 radical (unpaired) electrons. The summed E-state index contributed by atoms with van der Waals surface area (Å²) in [6, 6.07) is 16.8. The van der Waals surface area contributed by atoms with Gasteiger partial charge in [-0.3, -0.25) is 24.1 Å². The van der Waals surface area contributed by atoms with Crippen molar-refractivity contribution in [1.82, 2.24) is 20.0 Å². The number of hydrogen-bond donors (Lipinski definition) is 2. The molecule has 2 aromatic rings. The average Bonchev–Trinajstić information content (AvgIpc) is 3.80. The summed E-state index contributed by atoms with van der Waals surface area (Å²) in [5.74, 6) is -3.67. The molecule has 0 aliphatic carbocycles. The predicted octanol–water partition coefficient (Wildman–Crippen LogP) is 3.05. The van der Waals surface area contributed by atoms with Gasteiger partial charge in [-0.05, 0) is 30.4 Å². The molecule has 4 fully saturated rings. The summed E-state index contributed by atoms with van der Waals surface area (Å²) in [5.41, 5.74) is 0.209. The fourth-order valence-electron chi connectivity index (χ4n) is 8.50. The maximum atomic E-state index is 15.0. The van der Waals surface area contributed by atoms with E-state index in [1.165, 1.54) is 4.90 Å². The zero-order valence-corrected chi connectivity index (χ0v) is 32.2. The summed E-state index contributed by atoms with van der Waals surface area (Å²) >= 11 is 3.76. The largest absolute Gasteiger partial charge is 0.455 e. The smallest absolute Gasteiger partial charge is 0.313 e. The summed E-state index contributed by atoms with van der Waals surface area (Å²) in [6.07, 6.45) is 3.10. The molecular weight excluding hydrogens is 756 g/mol. The van der Waals surface area contributed by atoms with Gasteiger partial charge in [-0.25, -0.2) is 0 Å². The second-order valence-electron chi connectivity index (χ2n) is 14.4. The van der Waals surface area contributed by atoms with Crippen LogP contribution in [-0.4, -0.2) is 131 Å². The van der Waals surface area contributed by atoms with Crippen molar-refractivity contribution < 1.29 is 38.5 Å².